The second-order valence-electron chi connectivity index (χ2n) is 6.94. The molecule has 0 saturated carbocycles. The van der Waals surface area contributed by atoms with Crippen LogP contribution in [0.25, 0.3) is 11.5 Å². The zero-order valence-electron chi connectivity index (χ0n) is 16.5. The molecule has 156 valence electrons. The Labute approximate surface area is 183 Å². The first-order valence-electron chi connectivity index (χ1n) is 9.31. The van der Waals surface area contributed by atoms with E-state index in [1.165, 1.54) is 0 Å². The number of thioether (sulfide) groups is 1. The van der Waals surface area contributed by atoms with Gasteiger partial charge in [-0.15, -0.1) is 10.2 Å². The van der Waals surface area contributed by atoms with Crippen LogP contribution in [0.15, 0.2) is 58.2 Å². The predicted octanol–water partition coefficient (Wildman–Crippen LogP) is 5.11. The Morgan fingerprint density at radius 3 is 2.17 bits per heavy atom. The topological polar surface area (TPSA) is 97.1 Å². The Morgan fingerprint density at radius 1 is 0.967 bits per heavy atom. The summed E-state index contributed by atoms with van der Waals surface area (Å²) in [6, 6.07) is 14.0. The maximum atomic E-state index is 12.2. The molecule has 0 aliphatic heterocycles. The van der Waals surface area contributed by atoms with E-state index in [1.807, 2.05) is 13.8 Å². The summed E-state index contributed by atoms with van der Waals surface area (Å²) in [6.45, 7) is 3.98. The van der Waals surface area contributed by atoms with Crippen LogP contribution < -0.4 is 10.6 Å². The van der Waals surface area contributed by atoms with Gasteiger partial charge in [0.2, 0.25) is 17.7 Å². The number of nitrogens with zero attached hydrogens (tertiary/aromatic N) is 2. The Hall–Kier alpha value is -2.84. The van der Waals surface area contributed by atoms with Crippen molar-refractivity contribution in [1.29, 1.82) is 0 Å². The van der Waals surface area contributed by atoms with Crippen LogP contribution in [0.4, 0.5) is 11.4 Å². The molecule has 3 aromatic rings. The number of anilines is 2. The highest BCUT2D eigenvalue weighted by molar-refractivity contribution is 7.99. The normalized spacial score (nSPS) is 10.8. The fourth-order valence-corrected chi connectivity index (χ4v) is 3.21. The Bertz CT molecular complexity index is 1000. The Balaban J connectivity index is 1.48. The summed E-state index contributed by atoms with van der Waals surface area (Å²) in [7, 11) is 0. The van der Waals surface area contributed by atoms with Gasteiger partial charge in [0.05, 0.1) is 5.75 Å². The monoisotopic (exact) mass is 444 g/mol. The second-order valence-corrected chi connectivity index (χ2v) is 8.30. The van der Waals surface area contributed by atoms with Crippen molar-refractivity contribution in [2.75, 3.05) is 16.4 Å². The van der Waals surface area contributed by atoms with E-state index in [2.05, 4.69) is 20.8 Å². The number of halogens is 1. The maximum absolute atomic E-state index is 12.2. The van der Waals surface area contributed by atoms with Gasteiger partial charge in [-0.3, -0.25) is 9.59 Å². The van der Waals surface area contributed by atoms with Gasteiger partial charge in [0.1, 0.15) is 0 Å². The van der Waals surface area contributed by atoms with Crippen molar-refractivity contribution < 1.29 is 14.0 Å². The van der Waals surface area contributed by atoms with Crippen LogP contribution in [0.2, 0.25) is 5.02 Å². The van der Waals surface area contributed by atoms with Crippen LogP contribution in [-0.2, 0) is 9.59 Å². The quantitative estimate of drug-likeness (QED) is 0.469. The van der Waals surface area contributed by atoms with Crippen molar-refractivity contribution in [3.63, 3.8) is 0 Å². The van der Waals surface area contributed by atoms with E-state index in [4.69, 9.17) is 16.0 Å². The van der Waals surface area contributed by atoms with Crippen molar-refractivity contribution in [1.82, 2.24) is 10.2 Å². The molecule has 0 atom stereocenters. The maximum Gasteiger partial charge on any atom is 0.277 e. The largest absolute Gasteiger partial charge is 0.411 e. The van der Waals surface area contributed by atoms with Crippen molar-refractivity contribution >= 4 is 46.6 Å². The van der Waals surface area contributed by atoms with Crippen molar-refractivity contribution in [2.24, 2.45) is 5.92 Å². The Morgan fingerprint density at radius 2 is 1.57 bits per heavy atom. The fraction of sp³-hybridized carbons (Fsp3) is 0.238. The minimum atomic E-state index is -0.206. The number of hydrogen-bond donors (Lipinski definition) is 2. The minimum Gasteiger partial charge on any atom is -0.411 e. The number of carbonyl (C=O) groups is 2. The molecule has 0 saturated heterocycles. The van der Waals surface area contributed by atoms with E-state index < -0.39 is 0 Å². The molecule has 0 radical (unpaired) electrons. The van der Waals surface area contributed by atoms with Gasteiger partial charge in [-0.1, -0.05) is 37.2 Å². The molecule has 0 fully saturated rings. The number of rotatable bonds is 8. The first-order valence-corrected chi connectivity index (χ1v) is 10.7. The van der Waals surface area contributed by atoms with Gasteiger partial charge in [0, 0.05) is 28.4 Å². The lowest BCUT2D eigenvalue weighted by atomic mass is 10.1. The third-order valence-corrected chi connectivity index (χ3v) is 4.94. The predicted molar refractivity (Wildman–Crippen MR) is 119 cm³/mol. The van der Waals surface area contributed by atoms with Gasteiger partial charge in [-0.25, -0.2) is 0 Å². The zero-order chi connectivity index (χ0) is 21.5. The lowest BCUT2D eigenvalue weighted by Gasteiger charge is -2.08. The third-order valence-electron chi connectivity index (χ3n) is 3.87. The molecule has 1 heterocycles. The van der Waals surface area contributed by atoms with Crippen LogP contribution >= 0.6 is 23.4 Å². The van der Waals surface area contributed by atoms with Crippen molar-refractivity contribution in [3.05, 3.63) is 53.6 Å². The van der Waals surface area contributed by atoms with Gasteiger partial charge >= 0.3 is 0 Å². The standard InChI is InChI=1S/C21H21ClN4O3S/c1-13(2)11-18(27)23-16-7-9-17(10-8-16)24-19(28)12-30-21-26-25-20(29-21)14-3-5-15(22)6-4-14/h3-10,13H,11-12H2,1-2H3,(H,23,27)(H,24,28). The molecular weight excluding hydrogens is 424 g/mol. The van der Waals surface area contributed by atoms with Gasteiger partial charge in [-0.2, -0.15) is 0 Å². The third kappa shape index (κ3) is 6.60. The molecule has 0 aliphatic rings. The molecule has 9 heteroatoms. The van der Waals surface area contributed by atoms with Crippen LogP contribution in [0.1, 0.15) is 20.3 Å². The lowest BCUT2D eigenvalue weighted by Crippen LogP contribution is -2.15. The zero-order valence-corrected chi connectivity index (χ0v) is 18.1. The molecular formula is C21H21ClN4O3S. The summed E-state index contributed by atoms with van der Waals surface area (Å²) >= 11 is 7.02. The summed E-state index contributed by atoms with van der Waals surface area (Å²) < 4.78 is 5.57. The number of benzene rings is 2. The second kappa shape index (κ2) is 10.3. The Kier molecular flexibility index (Phi) is 7.48. The molecule has 1 aromatic heterocycles. The fourth-order valence-electron chi connectivity index (χ4n) is 2.52. The van der Waals surface area contributed by atoms with Crippen LogP contribution in [-0.4, -0.2) is 27.8 Å². The highest BCUT2D eigenvalue weighted by Gasteiger charge is 2.12. The van der Waals surface area contributed by atoms with E-state index in [0.29, 0.717) is 39.8 Å². The van der Waals surface area contributed by atoms with Crippen molar-refractivity contribution in [3.8, 4) is 11.5 Å². The van der Waals surface area contributed by atoms with E-state index in [9.17, 15) is 9.59 Å². The number of amides is 2. The number of carbonyl (C=O) groups excluding carboxylic acids is 2. The number of hydrogen-bond acceptors (Lipinski definition) is 6. The van der Waals surface area contributed by atoms with Gasteiger partial charge in [-0.05, 0) is 54.4 Å². The first kappa shape index (κ1) is 21.9. The highest BCUT2D eigenvalue weighted by Crippen LogP contribution is 2.24. The number of aromatic nitrogens is 2. The van der Waals surface area contributed by atoms with E-state index in [-0.39, 0.29) is 17.6 Å². The molecule has 2 amide bonds. The summed E-state index contributed by atoms with van der Waals surface area (Å²) in [5, 5.41) is 14.5. The average molecular weight is 445 g/mol. The summed E-state index contributed by atoms with van der Waals surface area (Å²) in [4.78, 5) is 24.0. The SMILES string of the molecule is CC(C)CC(=O)Nc1ccc(NC(=O)CSc2nnc(-c3ccc(Cl)cc3)o2)cc1. The average Bonchev–Trinajstić information content (AvgIpc) is 3.17. The molecule has 0 aliphatic carbocycles. The molecule has 0 unspecified atom stereocenters. The van der Waals surface area contributed by atoms with Gasteiger partial charge < -0.3 is 15.1 Å². The van der Waals surface area contributed by atoms with E-state index in [0.717, 1.165) is 17.3 Å². The molecule has 2 N–H and O–H groups in total. The van der Waals surface area contributed by atoms with E-state index in [1.54, 1.807) is 48.5 Å². The summed E-state index contributed by atoms with van der Waals surface area (Å²) in [5.41, 5.74) is 2.08. The molecule has 7 nitrogen and oxygen atoms in total. The first-order chi connectivity index (χ1) is 14.4. The molecule has 3 rings (SSSR count). The van der Waals surface area contributed by atoms with Gasteiger partial charge in [0.25, 0.3) is 5.22 Å². The molecule has 0 spiro atoms. The van der Waals surface area contributed by atoms with Crippen LogP contribution in [0.3, 0.4) is 0 Å². The molecule has 30 heavy (non-hydrogen) atoms. The van der Waals surface area contributed by atoms with E-state index >= 15 is 0 Å². The minimum absolute atomic E-state index is 0.0317. The lowest BCUT2D eigenvalue weighted by molar-refractivity contribution is -0.117. The molecule has 2 aromatic carbocycles. The summed E-state index contributed by atoms with van der Waals surface area (Å²) in [6.07, 6.45) is 0.463. The van der Waals surface area contributed by atoms with Crippen molar-refractivity contribution in [2.45, 2.75) is 25.5 Å². The van der Waals surface area contributed by atoms with Gasteiger partial charge in [0.15, 0.2) is 0 Å². The molecule has 0 bridgehead atoms. The smallest absolute Gasteiger partial charge is 0.277 e. The highest BCUT2D eigenvalue weighted by atomic mass is 35.5. The number of nitrogens with one attached hydrogen (secondary N) is 2. The van der Waals surface area contributed by atoms with Crippen LogP contribution in [0.5, 0.6) is 0 Å². The van der Waals surface area contributed by atoms with Crippen LogP contribution in [0, 0.1) is 5.92 Å². The summed E-state index contributed by atoms with van der Waals surface area (Å²) in [5.74, 6) is 0.542.